The molecule has 0 bridgehead atoms. The fourth-order valence-electron chi connectivity index (χ4n) is 4.90. The summed E-state index contributed by atoms with van der Waals surface area (Å²) in [5.74, 6) is -0.0270. The number of carbonyl (C=O) groups excluding carboxylic acids is 2. The van der Waals surface area contributed by atoms with Crippen molar-refractivity contribution >= 4 is 11.8 Å². The molecule has 1 aliphatic carbocycles. The van der Waals surface area contributed by atoms with Crippen molar-refractivity contribution in [2.24, 2.45) is 0 Å². The van der Waals surface area contributed by atoms with E-state index >= 15 is 0 Å². The lowest BCUT2D eigenvalue weighted by atomic mass is 9.97. The number of carbonyl (C=O) groups is 2. The molecule has 7 nitrogen and oxygen atoms in total. The molecule has 2 amide bonds. The molecule has 1 aromatic carbocycles. The SMILES string of the molecule is COc1ccccc1Cn1cc(C(=O)NCCC2=CCCCC2)c(=O)c(C(=O)N2CCCCC2)c1. The van der Waals surface area contributed by atoms with Gasteiger partial charge in [-0.15, -0.1) is 0 Å². The minimum absolute atomic E-state index is 0.000353. The second-order valence-electron chi connectivity index (χ2n) is 9.37. The average Bonchev–Trinajstić information content (AvgIpc) is 2.90. The van der Waals surface area contributed by atoms with Gasteiger partial charge in [0.1, 0.15) is 16.9 Å². The van der Waals surface area contributed by atoms with Crippen molar-refractivity contribution in [3.8, 4) is 5.75 Å². The van der Waals surface area contributed by atoms with Crippen LogP contribution in [-0.4, -0.2) is 48.0 Å². The Balaban J connectivity index is 1.61. The van der Waals surface area contributed by atoms with Gasteiger partial charge in [0.15, 0.2) is 0 Å². The Kier molecular flexibility index (Phi) is 8.40. The van der Waals surface area contributed by atoms with Gasteiger partial charge in [-0.3, -0.25) is 14.4 Å². The van der Waals surface area contributed by atoms with Gasteiger partial charge in [-0.25, -0.2) is 0 Å². The van der Waals surface area contributed by atoms with Gasteiger partial charge < -0.3 is 19.5 Å². The van der Waals surface area contributed by atoms with Crippen LogP contribution in [-0.2, 0) is 6.54 Å². The molecule has 1 fully saturated rings. The van der Waals surface area contributed by atoms with Gasteiger partial charge in [0.2, 0.25) is 5.43 Å². The van der Waals surface area contributed by atoms with Crippen molar-refractivity contribution in [1.29, 1.82) is 0 Å². The third kappa shape index (κ3) is 6.21. The van der Waals surface area contributed by atoms with E-state index in [4.69, 9.17) is 4.74 Å². The molecule has 0 atom stereocenters. The number of benzene rings is 1. The zero-order valence-electron chi connectivity index (χ0n) is 20.6. The van der Waals surface area contributed by atoms with E-state index < -0.39 is 11.3 Å². The number of aromatic nitrogens is 1. The van der Waals surface area contributed by atoms with Gasteiger partial charge in [-0.1, -0.05) is 29.8 Å². The Bertz CT molecular complexity index is 1150. The van der Waals surface area contributed by atoms with E-state index in [2.05, 4.69) is 11.4 Å². The quantitative estimate of drug-likeness (QED) is 0.579. The Morgan fingerprint density at radius 3 is 2.51 bits per heavy atom. The van der Waals surface area contributed by atoms with E-state index in [-0.39, 0.29) is 17.0 Å². The number of ether oxygens (including phenoxy) is 1. The predicted molar refractivity (Wildman–Crippen MR) is 136 cm³/mol. The minimum Gasteiger partial charge on any atom is -0.496 e. The number of nitrogens with zero attached hydrogens (tertiary/aromatic N) is 2. The topological polar surface area (TPSA) is 80.6 Å². The molecule has 2 aromatic rings. The standard InChI is InChI=1S/C28H35N3O4/c1-35-25-13-7-6-12-22(25)18-30-19-23(27(33)29-15-14-21-10-4-2-5-11-21)26(32)24(20-30)28(34)31-16-8-3-9-17-31/h6-7,10,12-13,19-20H,2-5,8-9,11,14-18H2,1H3,(H,29,33). The minimum atomic E-state index is -0.508. The summed E-state index contributed by atoms with van der Waals surface area (Å²) in [5, 5.41) is 2.90. The van der Waals surface area contributed by atoms with Crippen molar-refractivity contribution in [3.63, 3.8) is 0 Å². The summed E-state index contributed by atoms with van der Waals surface area (Å²) in [5.41, 5.74) is 1.79. The van der Waals surface area contributed by atoms with Crippen LogP contribution in [0.15, 0.2) is 53.1 Å². The van der Waals surface area contributed by atoms with E-state index in [0.29, 0.717) is 31.9 Å². The van der Waals surface area contributed by atoms with Gasteiger partial charge in [0.05, 0.1) is 13.7 Å². The van der Waals surface area contributed by atoms with E-state index in [9.17, 15) is 14.4 Å². The van der Waals surface area contributed by atoms with Crippen molar-refractivity contribution in [1.82, 2.24) is 14.8 Å². The number of nitrogens with one attached hydrogen (secondary N) is 1. The first-order valence-electron chi connectivity index (χ1n) is 12.7. The second kappa shape index (κ2) is 11.9. The van der Waals surface area contributed by atoms with Crippen LogP contribution in [0.5, 0.6) is 5.75 Å². The molecule has 2 heterocycles. The summed E-state index contributed by atoms with van der Waals surface area (Å²) in [7, 11) is 1.61. The van der Waals surface area contributed by atoms with Crippen LogP contribution < -0.4 is 15.5 Å². The Labute approximate surface area is 206 Å². The van der Waals surface area contributed by atoms with Crippen molar-refractivity contribution in [2.75, 3.05) is 26.7 Å². The van der Waals surface area contributed by atoms with Gasteiger partial charge in [0.25, 0.3) is 11.8 Å². The highest BCUT2D eigenvalue weighted by atomic mass is 16.5. The highest BCUT2D eigenvalue weighted by molar-refractivity contribution is 5.99. The van der Waals surface area contributed by atoms with Gasteiger partial charge in [-0.2, -0.15) is 0 Å². The molecule has 0 spiro atoms. The molecule has 1 saturated heterocycles. The van der Waals surface area contributed by atoms with Crippen LogP contribution in [0.25, 0.3) is 0 Å². The van der Waals surface area contributed by atoms with E-state index in [1.54, 1.807) is 29.0 Å². The van der Waals surface area contributed by atoms with Crippen LogP contribution in [0.3, 0.4) is 0 Å². The van der Waals surface area contributed by atoms with Gasteiger partial charge in [-0.05, 0) is 57.4 Å². The van der Waals surface area contributed by atoms with Crippen molar-refractivity contribution in [2.45, 2.75) is 57.9 Å². The first-order chi connectivity index (χ1) is 17.1. The fraction of sp³-hybridized carbons (Fsp3) is 0.464. The molecule has 0 saturated carbocycles. The summed E-state index contributed by atoms with van der Waals surface area (Å²) in [6.07, 6.45) is 13.7. The summed E-state index contributed by atoms with van der Waals surface area (Å²) in [4.78, 5) is 41.4. The number of pyridine rings is 1. The van der Waals surface area contributed by atoms with Crippen LogP contribution in [0, 0.1) is 0 Å². The summed E-state index contributed by atoms with van der Waals surface area (Å²) < 4.78 is 7.21. The third-order valence-electron chi connectivity index (χ3n) is 6.86. The second-order valence-corrected chi connectivity index (χ2v) is 9.37. The maximum absolute atomic E-state index is 13.3. The fourth-order valence-corrected chi connectivity index (χ4v) is 4.90. The molecular formula is C28H35N3O4. The molecule has 2 aliphatic rings. The molecule has 0 unspecified atom stereocenters. The summed E-state index contributed by atoms with van der Waals surface area (Å²) in [6, 6.07) is 7.60. The number of piperidine rings is 1. The van der Waals surface area contributed by atoms with Crippen LogP contribution in [0.4, 0.5) is 0 Å². The third-order valence-corrected chi connectivity index (χ3v) is 6.86. The molecule has 1 aromatic heterocycles. The number of rotatable bonds is 8. The number of methoxy groups -OCH3 is 1. The highest BCUT2D eigenvalue weighted by Gasteiger charge is 2.24. The summed E-state index contributed by atoms with van der Waals surface area (Å²) >= 11 is 0. The molecule has 35 heavy (non-hydrogen) atoms. The maximum Gasteiger partial charge on any atom is 0.259 e. The van der Waals surface area contributed by atoms with Crippen molar-refractivity contribution < 1.29 is 14.3 Å². The number of hydrogen-bond donors (Lipinski definition) is 1. The van der Waals surface area contributed by atoms with Crippen LogP contribution >= 0.6 is 0 Å². The zero-order valence-corrected chi connectivity index (χ0v) is 20.6. The number of para-hydroxylation sites is 1. The van der Waals surface area contributed by atoms with Crippen LogP contribution in [0.2, 0.25) is 0 Å². The average molecular weight is 478 g/mol. The molecule has 1 aliphatic heterocycles. The number of likely N-dealkylation sites (tertiary alicyclic amines) is 1. The number of amides is 2. The first kappa shape index (κ1) is 24.8. The molecule has 186 valence electrons. The Morgan fingerprint density at radius 2 is 1.77 bits per heavy atom. The molecule has 1 N–H and O–H groups in total. The van der Waals surface area contributed by atoms with E-state index in [1.165, 1.54) is 18.4 Å². The van der Waals surface area contributed by atoms with E-state index in [1.807, 2.05) is 24.3 Å². The van der Waals surface area contributed by atoms with Crippen LogP contribution in [0.1, 0.15) is 77.6 Å². The predicted octanol–water partition coefficient (Wildman–Crippen LogP) is 4.15. The monoisotopic (exact) mass is 477 g/mol. The first-order valence-corrected chi connectivity index (χ1v) is 12.7. The normalized spacial score (nSPS) is 15.9. The molecule has 7 heteroatoms. The van der Waals surface area contributed by atoms with Gasteiger partial charge in [0, 0.05) is 37.6 Å². The van der Waals surface area contributed by atoms with Gasteiger partial charge >= 0.3 is 0 Å². The number of allylic oxidation sites excluding steroid dienone is 1. The lowest BCUT2D eigenvalue weighted by Gasteiger charge is -2.27. The molecule has 0 radical (unpaired) electrons. The smallest absolute Gasteiger partial charge is 0.259 e. The molecule has 4 rings (SSSR count). The Morgan fingerprint density at radius 1 is 1.00 bits per heavy atom. The van der Waals surface area contributed by atoms with Crippen molar-refractivity contribution in [3.05, 3.63) is 75.2 Å². The largest absolute Gasteiger partial charge is 0.496 e. The Hall–Kier alpha value is -3.35. The molecular weight excluding hydrogens is 442 g/mol. The maximum atomic E-state index is 13.3. The highest BCUT2D eigenvalue weighted by Crippen LogP contribution is 2.20. The lowest BCUT2D eigenvalue weighted by molar-refractivity contribution is 0.0722. The number of hydrogen-bond acceptors (Lipinski definition) is 4. The lowest BCUT2D eigenvalue weighted by Crippen LogP contribution is -2.40. The zero-order chi connectivity index (χ0) is 24.6. The van der Waals surface area contributed by atoms with E-state index in [0.717, 1.165) is 44.1 Å². The summed E-state index contributed by atoms with van der Waals surface area (Å²) in [6.45, 7) is 2.12.